The summed E-state index contributed by atoms with van der Waals surface area (Å²) in [5.74, 6) is -1.21. The number of halogens is 2. The van der Waals surface area contributed by atoms with Gasteiger partial charge in [-0.3, -0.25) is 14.4 Å². The second-order valence-corrected chi connectivity index (χ2v) is 7.55. The van der Waals surface area contributed by atoms with Crippen molar-refractivity contribution in [3.63, 3.8) is 0 Å². The van der Waals surface area contributed by atoms with E-state index in [1.807, 2.05) is 0 Å². The summed E-state index contributed by atoms with van der Waals surface area (Å²) in [6.45, 7) is 0.640. The lowest BCUT2D eigenvalue weighted by atomic mass is 9.97. The Morgan fingerprint density at radius 3 is 2.80 bits per heavy atom. The Hall–Kier alpha value is -3.00. The molecule has 158 valence electrons. The highest BCUT2D eigenvalue weighted by Gasteiger charge is 2.28. The van der Waals surface area contributed by atoms with Gasteiger partial charge in [0, 0.05) is 19.3 Å². The van der Waals surface area contributed by atoms with E-state index in [4.69, 9.17) is 11.6 Å². The van der Waals surface area contributed by atoms with Gasteiger partial charge in [0.2, 0.25) is 17.7 Å². The van der Waals surface area contributed by atoms with Gasteiger partial charge in [-0.2, -0.15) is 0 Å². The largest absolute Gasteiger partial charge is 0.347 e. The Balaban J connectivity index is 1.47. The SMILES string of the molecule is O=C(Cc1cccc(F)c1)NCC(=O)N1CCCC(C(=O)Nc2ccc(Cl)cn2)C1. The molecule has 9 heteroatoms. The monoisotopic (exact) mass is 432 g/mol. The Bertz CT molecular complexity index is 923. The minimum absolute atomic E-state index is 0.00976. The standard InChI is InChI=1S/C21H22ClFN4O3/c22-16-6-7-18(24-11-16)26-21(30)15-4-2-8-27(13-15)20(29)12-25-19(28)10-14-3-1-5-17(23)9-14/h1,3,5-7,9,11,15H,2,4,8,10,12-13H2,(H,25,28)(H,24,26,30). The number of carbonyl (C=O) groups is 3. The highest BCUT2D eigenvalue weighted by atomic mass is 35.5. The van der Waals surface area contributed by atoms with Crippen LogP contribution >= 0.6 is 11.6 Å². The Kier molecular flexibility index (Phi) is 7.35. The van der Waals surface area contributed by atoms with Crippen molar-refractivity contribution in [3.05, 3.63) is 59.0 Å². The number of piperidine rings is 1. The second-order valence-electron chi connectivity index (χ2n) is 7.11. The van der Waals surface area contributed by atoms with E-state index in [0.717, 1.165) is 0 Å². The zero-order valence-electron chi connectivity index (χ0n) is 16.2. The van der Waals surface area contributed by atoms with Gasteiger partial charge in [0.05, 0.1) is 23.9 Å². The van der Waals surface area contributed by atoms with Crippen LogP contribution in [-0.4, -0.2) is 47.2 Å². The first-order valence-corrected chi connectivity index (χ1v) is 10.00. The van der Waals surface area contributed by atoms with Crippen molar-refractivity contribution in [3.8, 4) is 0 Å². The van der Waals surface area contributed by atoms with Crippen LogP contribution in [0.4, 0.5) is 10.2 Å². The zero-order valence-corrected chi connectivity index (χ0v) is 17.0. The topological polar surface area (TPSA) is 91.4 Å². The summed E-state index contributed by atoms with van der Waals surface area (Å²) in [6, 6.07) is 9.00. The van der Waals surface area contributed by atoms with Crippen LogP contribution in [-0.2, 0) is 20.8 Å². The molecule has 1 unspecified atom stereocenters. The van der Waals surface area contributed by atoms with E-state index >= 15 is 0 Å². The molecule has 0 radical (unpaired) electrons. The molecule has 30 heavy (non-hydrogen) atoms. The number of nitrogens with one attached hydrogen (secondary N) is 2. The lowest BCUT2D eigenvalue weighted by Gasteiger charge is -2.32. The summed E-state index contributed by atoms with van der Waals surface area (Å²) in [6.07, 6.45) is 2.79. The van der Waals surface area contributed by atoms with Crippen molar-refractivity contribution in [2.24, 2.45) is 5.92 Å². The number of anilines is 1. The molecule has 3 rings (SSSR count). The van der Waals surface area contributed by atoms with Gasteiger partial charge < -0.3 is 15.5 Å². The maximum atomic E-state index is 13.2. The maximum Gasteiger partial charge on any atom is 0.241 e. The molecule has 3 amide bonds. The molecule has 1 atom stereocenters. The van der Waals surface area contributed by atoms with Crippen LogP contribution < -0.4 is 10.6 Å². The van der Waals surface area contributed by atoms with Crippen molar-refractivity contribution < 1.29 is 18.8 Å². The fourth-order valence-corrected chi connectivity index (χ4v) is 3.39. The van der Waals surface area contributed by atoms with E-state index in [1.54, 1.807) is 23.1 Å². The van der Waals surface area contributed by atoms with Gasteiger partial charge in [-0.05, 0) is 42.7 Å². The number of amides is 3. The first kappa shape index (κ1) is 21.7. The van der Waals surface area contributed by atoms with Crippen molar-refractivity contribution >= 4 is 35.1 Å². The van der Waals surface area contributed by atoms with E-state index in [9.17, 15) is 18.8 Å². The molecule has 1 aromatic heterocycles. The van der Waals surface area contributed by atoms with Gasteiger partial charge in [0.25, 0.3) is 0 Å². The lowest BCUT2D eigenvalue weighted by molar-refractivity contribution is -0.135. The van der Waals surface area contributed by atoms with Gasteiger partial charge in [-0.1, -0.05) is 23.7 Å². The molecule has 2 N–H and O–H groups in total. The fourth-order valence-electron chi connectivity index (χ4n) is 3.28. The van der Waals surface area contributed by atoms with E-state index in [-0.39, 0.29) is 43.1 Å². The second kappa shape index (κ2) is 10.2. The Labute approximate surface area is 178 Å². The van der Waals surface area contributed by atoms with Crippen LogP contribution in [0.25, 0.3) is 0 Å². The highest BCUT2D eigenvalue weighted by molar-refractivity contribution is 6.30. The van der Waals surface area contributed by atoms with Crippen LogP contribution in [0, 0.1) is 11.7 Å². The molecule has 0 spiro atoms. The molecule has 2 heterocycles. The highest BCUT2D eigenvalue weighted by Crippen LogP contribution is 2.19. The summed E-state index contributed by atoms with van der Waals surface area (Å²) in [5.41, 5.74) is 0.533. The average Bonchev–Trinajstić information content (AvgIpc) is 2.74. The molecule has 7 nitrogen and oxygen atoms in total. The number of likely N-dealkylation sites (tertiary alicyclic amines) is 1. The Morgan fingerprint density at radius 1 is 1.23 bits per heavy atom. The van der Waals surface area contributed by atoms with Gasteiger partial charge in [-0.25, -0.2) is 9.37 Å². The van der Waals surface area contributed by atoms with E-state index < -0.39 is 5.82 Å². The minimum Gasteiger partial charge on any atom is -0.347 e. The number of benzene rings is 1. The van der Waals surface area contributed by atoms with Crippen molar-refractivity contribution in [2.45, 2.75) is 19.3 Å². The van der Waals surface area contributed by atoms with Crippen LogP contribution in [0.2, 0.25) is 5.02 Å². The maximum absolute atomic E-state index is 13.2. The van der Waals surface area contributed by atoms with Gasteiger partial charge in [0.1, 0.15) is 11.6 Å². The van der Waals surface area contributed by atoms with Crippen LogP contribution in [0.5, 0.6) is 0 Å². The number of hydrogen-bond acceptors (Lipinski definition) is 4. The van der Waals surface area contributed by atoms with E-state index in [0.29, 0.717) is 35.8 Å². The van der Waals surface area contributed by atoms with Gasteiger partial charge >= 0.3 is 0 Å². The Morgan fingerprint density at radius 2 is 2.07 bits per heavy atom. The third-order valence-corrected chi connectivity index (χ3v) is 5.04. The molecule has 0 bridgehead atoms. The van der Waals surface area contributed by atoms with Crippen LogP contribution in [0.3, 0.4) is 0 Å². The van der Waals surface area contributed by atoms with Crippen LogP contribution in [0.1, 0.15) is 18.4 Å². The average molecular weight is 433 g/mol. The first-order valence-electron chi connectivity index (χ1n) is 9.62. The summed E-state index contributed by atoms with van der Waals surface area (Å²) >= 11 is 5.79. The molecule has 1 aromatic carbocycles. The van der Waals surface area contributed by atoms with Crippen molar-refractivity contribution in [1.29, 1.82) is 0 Å². The van der Waals surface area contributed by atoms with Crippen molar-refractivity contribution in [2.75, 3.05) is 25.0 Å². The number of carbonyl (C=O) groups excluding carboxylic acids is 3. The molecule has 0 aliphatic carbocycles. The fraction of sp³-hybridized carbons (Fsp3) is 0.333. The number of pyridine rings is 1. The number of aromatic nitrogens is 1. The van der Waals surface area contributed by atoms with Gasteiger partial charge in [-0.15, -0.1) is 0 Å². The van der Waals surface area contributed by atoms with E-state index in [2.05, 4.69) is 15.6 Å². The third kappa shape index (κ3) is 6.25. The predicted octanol–water partition coefficient (Wildman–Crippen LogP) is 2.41. The lowest BCUT2D eigenvalue weighted by Crippen LogP contribution is -2.47. The summed E-state index contributed by atoms with van der Waals surface area (Å²) < 4.78 is 13.2. The summed E-state index contributed by atoms with van der Waals surface area (Å²) in [4.78, 5) is 42.6. The third-order valence-electron chi connectivity index (χ3n) is 4.81. The normalized spacial score (nSPS) is 16.1. The molecule has 2 aromatic rings. The molecule has 1 aliphatic rings. The molecular formula is C21H22ClFN4O3. The first-order chi connectivity index (χ1) is 14.4. The molecule has 1 fully saturated rings. The zero-order chi connectivity index (χ0) is 21.5. The number of nitrogens with zero attached hydrogens (tertiary/aromatic N) is 2. The predicted molar refractivity (Wildman–Crippen MR) is 110 cm³/mol. The summed E-state index contributed by atoms with van der Waals surface area (Å²) in [5, 5.41) is 5.77. The number of hydrogen-bond donors (Lipinski definition) is 2. The summed E-state index contributed by atoms with van der Waals surface area (Å²) in [7, 11) is 0. The quantitative estimate of drug-likeness (QED) is 0.733. The molecule has 0 saturated carbocycles. The van der Waals surface area contributed by atoms with Crippen molar-refractivity contribution in [1.82, 2.24) is 15.2 Å². The molecule has 1 saturated heterocycles. The molecular weight excluding hydrogens is 411 g/mol. The molecule has 1 aliphatic heterocycles. The van der Waals surface area contributed by atoms with Gasteiger partial charge in [0.15, 0.2) is 0 Å². The minimum atomic E-state index is -0.414. The smallest absolute Gasteiger partial charge is 0.241 e. The van der Waals surface area contributed by atoms with E-state index in [1.165, 1.54) is 24.4 Å². The van der Waals surface area contributed by atoms with Crippen LogP contribution in [0.15, 0.2) is 42.6 Å². The number of rotatable bonds is 6.